The Hall–Kier alpha value is -3.10. The number of anilines is 1. The summed E-state index contributed by atoms with van der Waals surface area (Å²) in [7, 11) is 0. The molecule has 2 rings (SSSR count). The number of benzene rings is 2. The fraction of sp³-hybridized carbons (Fsp3) is 0.150. The van der Waals surface area contributed by atoms with Gasteiger partial charge >= 0.3 is 0 Å². The number of ketones is 1. The van der Waals surface area contributed by atoms with Crippen LogP contribution in [0.2, 0.25) is 5.02 Å². The summed E-state index contributed by atoms with van der Waals surface area (Å²) in [6.07, 6.45) is 2.09. The number of amides is 1. The smallest absolute Gasteiger partial charge is 0.267 e. The van der Waals surface area contributed by atoms with Crippen molar-refractivity contribution < 1.29 is 9.59 Å². The van der Waals surface area contributed by atoms with Gasteiger partial charge < -0.3 is 10.6 Å². The van der Waals surface area contributed by atoms with Gasteiger partial charge in [0.2, 0.25) is 0 Å². The highest BCUT2D eigenvalue weighted by Crippen LogP contribution is 2.13. The topological polar surface area (TPSA) is 82.0 Å². The SMILES string of the molecule is CC(=O)c1cccc(NC(=O)/C(C#N)=C\NCCc2cccc(Cl)c2)c1. The molecule has 0 atom stereocenters. The molecule has 0 aliphatic rings. The van der Waals surface area contributed by atoms with Crippen molar-refractivity contribution in [3.63, 3.8) is 0 Å². The highest BCUT2D eigenvalue weighted by atomic mass is 35.5. The van der Waals surface area contributed by atoms with E-state index in [-0.39, 0.29) is 11.4 Å². The monoisotopic (exact) mass is 367 g/mol. The van der Waals surface area contributed by atoms with E-state index < -0.39 is 5.91 Å². The Labute approximate surface area is 157 Å². The van der Waals surface area contributed by atoms with Crippen molar-refractivity contribution in [1.82, 2.24) is 5.32 Å². The van der Waals surface area contributed by atoms with Crippen LogP contribution in [0.4, 0.5) is 5.69 Å². The van der Waals surface area contributed by atoms with E-state index in [1.807, 2.05) is 24.3 Å². The van der Waals surface area contributed by atoms with Gasteiger partial charge in [-0.3, -0.25) is 9.59 Å². The van der Waals surface area contributed by atoms with Crippen LogP contribution < -0.4 is 10.6 Å². The standard InChI is InChI=1S/C20H18ClN3O2/c1-14(25)16-5-3-7-19(11-16)24-20(26)17(12-22)13-23-9-8-15-4-2-6-18(21)10-15/h2-7,10-11,13,23H,8-9H2,1H3,(H,24,26)/b17-13-. The summed E-state index contributed by atoms with van der Waals surface area (Å²) in [5.74, 6) is -0.636. The molecule has 0 aliphatic carbocycles. The zero-order chi connectivity index (χ0) is 18.9. The number of nitriles is 1. The lowest BCUT2D eigenvalue weighted by atomic mass is 10.1. The lowest BCUT2D eigenvalue weighted by Crippen LogP contribution is -2.18. The number of carbonyl (C=O) groups is 2. The van der Waals surface area contributed by atoms with Crippen LogP contribution in [0.15, 0.2) is 60.3 Å². The summed E-state index contributed by atoms with van der Waals surface area (Å²) in [5, 5.41) is 15.4. The van der Waals surface area contributed by atoms with Gasteiger partial charge in [0.05, 0.1) is 0 Å². The largest absolute Gasteiger partial charge is 0.389 e. The number of carbonyl (C=O) groups excluding carboxylic acids is 2. The molecule has 0 radical (unpaired) electrons. The summed E-state index contributed by atoms with van der Waals surface area (Å²) in [6, 6.07) is 15.9. The highest BCUT2D eigenvalue weighted by Gasteiger charge is 2.10. The third-order valence-corrected chi connectivity index (χ3v) is 3.82. The molecule has 0 bridgehead atoms. The lowest BCUT2D eigenvalue weighted by molar-refractivity contribution is -0.112. The fourth-order valence-corrected chi connectivity index (χ4v) is 2.46. The first kappa shape index (κ1) is 19.2. The first-order valence-electron chi connectivity index (χ1n) is 8.00. The van der Waals surface area contributed by atoms with Gasteiger partial charge in [-0.05, 0) is 43.2 Å². The second-order valence-corrected chi connectivity index (χ2v) is 6.03. The van der Waals surface area contributed by atoms with E-state index in [4.69, 9.17) is 11.6 Å². The van der Waals surface area contributed by atoms with Gasteiger partial charge in [-0.15, -0.1) is 0 Å². The maximum atomic E-state index is 12.2. The lowest BCUT2D eigenvalue weighted by Gasteiger charge is -2.06. The van der Waals surface area contributed by atoms with Crippen molar-refractivity contribution in [2.45, 2.75) is 13.3 Å². The number of nitrogens with zero attached hydrogens (tertiary/aromatic N) is 1. The average molecular weight is 368 g/mol. The van der Waals surface area contributed by atoms with E-state index in [1.165, 1.54) is 13.1 Å². The van der Waals surface area contributed by atoms with Gasteiger partial charge in [0.15, 0.2) is 5.78 Å². The molecular formula is C20H18ClN3O2. The molecule has 2 aromatic rings. The molecule has 0 fully saturated rings. The number of hydrogen-bond acceptors (Lipinski definition) is 4. The minimum atomic E-state index is -0.538. The van der Waals surface area contributed by atoms with E-state index in [0.717, 1.165) is 5.56 Å². The van der Waals surface area contributed by atoms with E-state index >= 15 is 0 Å². The van der Waals surface area contributed by atoms with E-state index in [1.54, 1.807) is 30.3 Å². The van der Waals surface area contributed by atoms with Crippen LogP contribution in [0.1, 0.15) is 22.8 Å². The molecule has 6 heteroatoms. The fourth-order valence-electron chi connectivity index (χ4n) is 2.25. The Morgan fingerprint density at radius 1 is 1.19 bits per heavy atom. The number of Topliss-reactive ketones (excluding diaryl/α,β-unsaturated/α-hetero) is 1. The highest BCUT2D eigenvalue weighted by molar-refractivity contribution is 6.30. The van der Waals surface area contributed by atoms with Gasteiger partial charge in [0.1, 0.15) is 11.6 Å². The molecule has 0 unspecified atom stereocenters. The second kappa shape index (κ2) is 9.40. The molecule has 0 aliphatic heterocycles. The molecule has 2 aromatic carbocycles. The van der Waals surface area contributed by atoms with Crippen molar-refractivity contribution >= 4 is 29.0 Å². The first-order chi connectivity index (χ1) is 12.5. The maximum absolute atomic E-state index is 12.2. The van der Waals surface area contributed by atoms with Crippen molar-refractivity contribution in [1.29, 1.82) is 5.26 Å². The Morgan fingerprint density at radius 2 is 1.96 bits per heavy atom. The van der Waals surface area contributed by atoms with Crippen LogP contribution >= 0.6 is 11.6 Å². The molecule has 0 saturated heterocycles. The van der Waals surface area contributed by atoms with E-state index in [0.29, 0.717) is 29.2 Å². The molecule has 26 heavy (non-hydrogen) atoms. The van der Waals surface area contributed by atoms with Crippen LogP contribution in [0, 0.1) is 11.3 Å². The zero-order valence-corrected chi connectivity index (χ0v) is 15.0. The second-order valence-electron chi connectivity index (χ2n) is 5.59. The summed E-state index contributed by atoms with van der Waals surface area (Å²) in [5.41, 5.74) is 1.96. The minimum absolute atomic E-state index is 0.0516. The van der Waals surface area contributed by atoms with E-state index in [2.05, 4.69) is 10.6 Å². The van der Waals surface area contributed by atoms with Crippen LogP contribution in [-0.2, 0) is 11.2 Å². The number of halogens is 1. The Kier molecular flexibility index (Phi) is 6.95. The van der Waals surface area contributed by atoms with Gasteiger partial charge in [0.25, 0.3) is 5.91 Å². The van der Waals surface area contributed by atoms with Gasteiger partial charge in [-0.1, -0.05) is 35.9 Å². The van der Waals surface area contributed by atoms with E-state index in [9.17, 15) is 14.9 Å². The van der Waals surface area contributed by atoms with Crippen LogP contribution in [-0.4, -0.2) is 18.2 Å². The molecule has 1 amide bonds. The zero-order valence-electron chi connectivity index (χ0n) is 14.3. The van der Waals surface area contributed by atoms with Crippen molar-refractivity contribution in [3.05, 3.63) is 76.5 Å². The molecule has 132 valence electrons. The van der Waals surface area contributed by atoms with Crippen LogP contribution in [0.5, 0.6) is 0 Å². The Morgan fingerprint density at radius 3 is 2.65 bits per heavy atom. The number of hydrogen-bond donors (Lipinski definition) is 2. The molecule has 2 N–H and O–H groups in total. The van der Waals surface area contributed by atoms with Crippen molar-refractivity contribution in [3.8, 4) is 6.07 Å². The molecule has 5 nitrogen and oxygen atoms in total. The molecule has 0 saturated carbocycles. The van der Waals surface area contributed by atoms with Crippen LogP contribution in [0.3, 0.4) is 0 Å². The van der Waals surface area contributed by atoms with Gasteiger partial charge in [-0.2, -0.15) is 5.26 Å². The quantitative estimate of drug-likeness (QED) is 0.338. The minimum Gasteiger partial charge on any atom is -0.389 e. The molecule has 0 heterocycles. The maximum Gasteiger partial charge on any atom is 0.267 e. The van der Waals surface area contributed by atoms with Crippen molar-refractivity contribution in [2.24, 2.45) is 0 Å². The third-order valence-electron chi connectivity index (χ3n) is 3.59. The Balaban J connectivity index is 1.93. The normalized spacial score (nSPS) is 10.7. The number of nitrogens with one attached hydrogen (secondary N) is 2. The summed E-state index contributed by atoms with van der Waals surface area (Å²) < 4.78 is 0. The van der Waals surface area contributed by atoms with Gasteiger partial charge in [0, 0.05) is 29.0 Å². The van der Waals surface area contributed by atoms with Crippen molar-refractivity contribution in [2.75, 3.05) is 11.9 Å². The summed E-state index contributed by atoms with van der Waals surface area (Å²) in [4.78, 5) is 23.6. The Bertz CT molecular complexity index is 885. The first-order valence-corrected chi connectivity index (χ1v) is 8.38. The average Bonchev–Trinajstić information content (AvgIpc) is 2.62. The summed E-state index contributed by atoms with van der Waals surface area (Å²) in [6.45, 7) is 2.00. The van der Waals surface area contributed by atoms with Gasteiger partial charge in [-0.25, -0.2) is 0 Å². The van der Waals surface area contributed by atoms with Crippen LogP contribution in [0.25, 0.3) is 0 Å². The predicted molar refractivity (Wildman–Crippen MR) is 102 cm³/mol. The summed E-state index contributed by atoms with van der Waals surface area (Å²) >= 11 is 5.93. The predicted octanol–water partition coefficient (Wildman–Crippen LogP) is 3.72. The molecule has 0 aromatic heterocycles. The third kappa shape index (κ3) is 5.76. The molecule has 0 spiro atoms. The molecular weight excluding hydrogens is 350 g/mol. The number of rotatable bonds is 7.